The van der Waals surface area contributed by atoms with Gasteiger partial charge in [0.15, 0.2) is 5.78 Å². The molecule has 190 valence electrons. The van der Waals surface area contributed by atoms with Crippen molar-refractivity contribution in [2.75, 3.05) is 13.2 Å². The number of carbonyl (C=O) groups excluding carboxylic acids is 3. The van der Waals surface area contributed by atoms with Crippen molar-refractivity contribution in [2.24, 2.45) is 28.6 Å². The van der Waals surface area contributed by atoms with Crippen LogP contribution in [0, 0.1) is 28.6 Å². The molecule has 3 saturated carbocycles. The van der Waals surface area contributed by atoms with E-state index in [0.717, 1.165) is 38.5 Å². The lowest BCUT2D eigenvalue weighted by Gasteiger charge is -2.60. The number of aliphatic hydroxyl groups excluding tert-OH is 1. The second kappa shape index (κ2) is 9.29. The first kappa shape index (κ1) is 25.2. The number of carbonyl (C=O) groups is 3. The highest BCUT2D eigenvalue weighted by molar-refractivity contribution is 5.91. The molecule has 7 atom stereocenters. The Bertz CT molecular complexity index is 865. The van der Waals surface area contributed by atoms with Crippen LogP contribution in [0.25, 0.3) is 0 Å². The lowest BCUT2D eigenvalue weighted by Crippen LogP contribution is -2.63. The molecule has 7 nitrogen and oxygen atoms in total. The summed E-state index contributed by atoms with van der Waals surface area (Å²) in [5.74, 6) is -0.0346. The molecule has 34 heavy (non-hydrogen) atoms. The van der Waals surface area contributed by atoms with Crippen molar-refractivity contribution in [2.45, 2.75) is 97.2 Å². The maximum atomic E-state index is 13.6. The number of fused-ring (bicyclic) bond motifs is 5. The number of rotatable bonds is 6. The van der Waals surface area contributed by atoms with Gasteiger partial charge >= 0.3 is 12.1 Å². The molecule has 4 aliphatic rings. The molecule has 3 fully saturated rings. The van der Waals surface area contributed by atoms with Crippen molar-refractivity contribution < 1.29 is 33.7 Å². The van der Waals surface area contributed by atoms with Crippen LogP contribution in [-0.4, -0.2) is 47.9 Å². The number of esters is 1. The van der Waals surface area contributed by atoms with Crippen LogP contribution in [0.1, 0.15) is 85.5 Å². The van der Waals surface area contributed by atoms with Crippen molar-refractivity contribution in [1.29, 1.82) is 0 Å². The number of hydrogen-bond donors (Lipinski definition) is 1. The van der Waals surface area contributed by atoms with E-state index < -0.39 is 29.2 Å². The Labute approximate surface area is 202 Å². The topological polar surface area (TPSA) is 99.1 Å². The van der Waals surface area contributed by atoms with Gasteiger partial charge in [-0.1, -0.05) is 32.8 Å². The molecule has 0 spiro atoms. The summed E-state index contributed by atoms with van der Waals surface area (Å²) in [5.41, 5.74) is -1.28. The summed E-state index contributed by atoms with van der Waals surface area (Å²) in [6, 6.07) is 0. The van der Waals surface area contributed by atoms with E-state index >= 15 is 0 Å². The molecule has 2 unspecified atom stereocenters. The summed E-state index contributed by atoms with van der Waals surface area (Å²) in [4.78, 5) is 38.2. The summed E-state index contributed by atoms with van der Waals surface area (Å²) < 4.78 is 16.6. The normalized spacial score (nSPS) is 41.0. The summed E-state index contributed by atoms with van der Waals surface area (Å²) in [5, 5.41) is 11.6. The number of unbranched alkanes of at least 4 members (excludes halogenated alkanes) is 1. The third kappa shape index (κ3) is 3.78. The molecule has 0 aliphatic heterocycles. The van der Waals surface area contributed by atoms with Gasteiger partial charge in [0.05, 0.1) is 19.3 Å². The van der Waals surface area contributed by atoms with Crippen LogP contribution < -0.4 is 0 Å². The zero-order chi connectivity index (χ0) is 24.7. The minimum absolute atomic E-state index is 0.0215. The zero-order valence-electron chi connectivity index (χ0n) is 21.1. The van der Waals surface area contributed by atoms with E-state index in [2.05, 4.69) is 6.92 Å². The molecule has 0 aromatic heterocycles. The highest BCUT2D eigenvalue weighted by atomic mass is 16.7. The quantitative estimate of drug-likeness (QED) is 0.436. The van der Waals surface area contributed by atoms with E-state index in [-0.39, 0.29) is 42.2 Å². The van der Waals surface area contributed by atoms with Gasteiger partial charge in [0.25, 0.3) is 0 Å². The Balaban J connectivity index is 1.69. The summed E-state index contributed by atoms with van der Waals surface area (Å²) in [6.07, 6.45) is 6.30. The second-order valence-electron chi connectivity index (χ2n) is 11.2. The average molecular weight is 477 g/mol. The van der Waals surface area contributed by atoms with Gasteiger partial charge in [0.1, 0.15) is 0 Å². The van der Waals surface area contributed by atoms with Gasteiger partial charge in [0.2, 0.25) is 5.60 Å². The van der Waals surface area contributed by atoms with Crippen LogP contribution in [0.4, 0.5) is 4.79 Å². The fourth-order valence-corrected chi connectivity index (χ4v) is 7.94. The van der Waals surface area contributed by atoms with Crippen LogP contribution in [0.2, 0.25) is 0 Å². The van der Waals surface area contributed by atoms with Crippen LogP contribution in [0.3, 0.4) is 0 Å². The highest BCUT2D eigenvalue weighted by Gasteiger charge is 2.71. The zero-order valence-corrected chi connectivity index (χ0v) is 21.1. The van der Waals surface area contributed by atoms with E-state index in [4.69, 9.17) is 14.2 Å². The van der Waals surface area contributed by atoms with Crippen molar-refractivity contribution in [3.05, 3.63) is 11.6 Å². The minimum Gasteiger partial charge on any atom is -0.463 e. The Hall–Kier alpha value is -1.89. The predicted octanol–water partition coefficient (Wildman–Crippen LogP) is 4.74. The molecular weight excluding hydrogens is 436 g/mol. The molecule has 7 heteroatoms. The van der Waals surface area contributed by atoms with E-state index in [1.165, 1.54) is 5.57 Å². The molecule has 4 aliphatic carbocycles. The minimum atomic E-state index is -1.47. The first-order chi connectivity index (χ1) is 16.1. The van der Waals surface area contributed by atoms with Gasteiger partial charge in [-0.25, -0.2) is 9.59 Å². The Morgan fingerprint density at radius 2 is 1.88 bits per heavy atom. The number of ketones is 1. The fourth-order valence-electron chi connectivity index (χ4n) is 7.94. The molecule has 4 rings (SSSR count). The monoisotopic (exact) mass is 476 g/mol. The van der Waals surface area contributed by atoms with E-state index in [1.54, 1.807) is 6.92 Å². The van der Waals surface area contributed by atoms with E-state index in [0.29, 0.717) is 19.3 Å². The molecule has 0 aromatic rings. The molecule has 0 heterocycles. The van der Waals surface area contributed by atoms with Gasteiger partial charge in [-0.05, 0) is 81.1 Å². The summed E-state index contributed by atoms with van der Waals surface area (Å²) in [6.45, 7) is 8.34. The Morgan fingerprint density at radius 3 is 2.59 bits per heavy atom. The lowest BCUT2D eigenvalue weighted by atomic mass is 9.45. The van der Waals surface area contributed by atoms with Crippen molar-refractivity contribution >= 4 is 17.9 Å². The molecule has 0 aromatic carbocycles. The van der Waals surface area contributed by atoms with Crippen LogP contribution in [0.15, 0.2) is 11.6 Å². The molecule has 0 saturated heterocycles. The summed E-state index contributed by atoms with van der Waals surface area (Å²) >= 11 is 0. The third-order valence-corrected chi connectivity index (χ3v) is 9.60. The highest BCUT2D eigenvalue weighted by Crippen LogP contribution is 2.68. The van der Waals surface area contributed by atoms with E-state index in [9.17, 15) is 19.5 Å². The van der Waals surface area contributed by atoms with Gasteiger partial charge in [-0.2, -0.15) is 0 Å². The maximum absolute atomic E-state index is 13.6. The third-order valence-electron chi connectivity index (χ3n) is 9.60. The average Bonchev–Trinajstić information content (AvgIpc) is 3.06. The van der Waals surface area contributed by atoms with Gasteiger partial charge in [0, 0.05) is 11.8 Å². The largest absolute Gasteiger partial charge is 0.509 e. The van der Waals surface area contributed by atoms with Crippen molar-refractivity contribution in [1.82, 2.24) is 0 Å². The lowest BCUT2D eigenvalue weighted by molar-refractivity contribution is -0.203. The van der Waals surface area contributed by atoms with Gasteiger partial charge < -0.3 is 19.3 Å². The van der Waals surface area contributed by atoms with Gasteiger partial charge in [-0.15, -0.1) is 0 Å². The van der Waals surface area contributed by atoms with E-state index in [1.807, 2.05) is 19.9 Å². The molecular formula is C27H40O7. The molecule has 0 radical (unpaired) electrons. The number of ether oxygens (including phenoxy) is 3. The van der Waals surface area contributed by atoms with Crippen LogP contribution in [0.5, 0.6) is 0 Å². The Morgan fingerprint density at radius 1 is 1.12 bits per heavy atom. The maximum Gasteiger partial charge on any atom is 0.509 e. The predicted molar refractivity (Wildman–Crippen MR) is 125 cm³/mol. The first-order valence-electron chi connectivity index (χ1n) is 13.1. The molecule has 1 N–H and O–H groups in total. The van der Waals surface area contributed by atoms with Gasteiger partial charge in [-0.3, -0.25) is 4.79 Å². The second-order valence-corrected chi connectivity index (χ2v) is 11.2. The molecule has 0 amide bonds. The number of aliphatic hydroxyl groups is 1. The SMILES string of the molecule is CCCCOC(=O)C1(OC(=O)OCC)CC[C@H]2[C@@H]3CCC4=CC(=O)CC[C@]4(C)[C@@H]3C(O)C[C@@]21C. The number of allylic oxidation sites excluding steroid dienone is 1. The summed E-state index contributed by atoms with van der Waals surface area (Å²) in [7, 11) is 0. The fraction of sp³-hybridized carbons (Fsp3) is 0.815. The van der Waals surface area contributed by atoms with Crippen molar-refractivity contribution in [3.8, 4) is 0 Å². The standard InChI is InChI=1S/C27H40O7/c1-5-7-14-33-23(30)27(34-24(31)32-6-2)13-11-20-19-9-8-17-15-18(28)10-12-25(17,3)22(19)21(29)16-26(20,27)4/h15,19-22,29H,5-14,16H2,1-4H3/t19-,20-,21?,22-,25-,26-,27?/m0/s1. The Kier molecular flexibility index (Phi) is 6.89. The first-order valence-corrected chi connectivity index (χ1v) is 13.1. The van der Waals surface area contributed by atoms with Crippen LogP contribution in [-0.2, 0) is 23.8 Å². The smallest absolute Gasteiger partial charge is 0.463 e. The van der Waals surface area contributed by atoms with Crippen molar-refractivity contribution in [3.63, 3.8) is 0 Å². The molecule has 0 bridgehead atoms. The van der Waals surface area contributed by atoms with Crippen LogP contribution >= 0.6 is 0 Å². The number of hydrogen-bond acceptors (Lipinski definition) is 7.